The lowest BCUT2D eigenvalue weighted by molar-refractivity contribution is -0.0654. The van der Waals surface area contributed by atoms with E-state index in [1.165, 1.54) is 11.1 Å². The molecule has 136 valence electrons. The summed E-state index contributed by atoms with van der Waals surface area (Å²) >= 11 is 0. The number of ether oxygens (including phenoxy) is 2. The van der Waals surface area contributed by atoms with Gasteiger partial charge in [-0.2, -0.15) is 0 Å². The van der Waals surface area contributed by atoms with E-state index in [1.54, 1.807) is 0 Å². The smallest absolute Gasteiger partial charge is 0.196 e. The molecule has 2 aromatic rings. The van der Waals surface area contributed by atoms with Gasteiger partial charge in [0.15, 0.2) is 6.29 Å². The Morgan fingerprint density at radius 3 is 1.92 bits per heavy atom. The maximum Gasteiger partial charge on any atom is 0.196 e. The molecule has 0 radical (unpaired) electrons. The molecule has 0 aliphatic carbocycles. The van der Waals surface area contributed by atoms with E-state index in [4.69, 9.17) is 9.47 Å². The molecule has 25 heavy (non-hydrogen) atoms. The van der Waals surface area contributed by atoms with E-state index in [0.717, 1.165) is 12.2 Å². The van der Waals surface area contributed by atoms with Crippen LogP contribution in [0.3, 0.4) is 0 Å². The average molecular weight is 341 g/mol. The lowest BCUT2D eigenvalue weighted by Crippen LogP contribution is -2.18. The van der Waals surface area contributed by atoms with Crippen LogP contribution in [0.1, 0.15) is 51.7 Å². The van der Waals surface area contributed by atoms with Crippen molar-refractivity contribution in [3.05, 3.63) is 65.7 Å². The quantitative estimate of drug-likeness (QED) is 0.516. The van der Waals surface area contributed by atoms with Gasteiger partial charge in [-0.05, 0) is 54.4 Å². The average Bonchev–Trinajstić information content (AvgIpc) is 2.57. The van der Waals surface area contributed by atoms with Crippen LogP contribution < -0.4 is 4.74 Å². The van der Waals surface area contributed by atoms with Crippen molar-refractivity contribution in [2.45, 2.75) is 53.2 Å². The van der Waals surface area contributed by atoms with Crippen LogP contribution in [-0.2, 0) is 11.2 Å². The molecule has 0 fully saturated rings. The van der Waals surface area contributed by atoms with Gasteiger partial charge in [0.1, 0.15) is 5.75 Å². The highest BCUT2D eigenvalue weighted by atomic mass is 16.7. The molecule has 0 bridgehead atoms. The van der Waals surface area contributed by atoms with Crippen molar-refractivity contribution in [2.24, 2.45) is 11.8 Å². The molecular weight excluding hydrogens is 308 g/mol. The van der Waals surface area contributed by atoms with Gasteiger partial charge in [-0.3, -0.25) is 0 Å². The predicted octanol–water partition coefficient (Wildman–Crippen LogP) is 6.07. The Balaban J connectivity index is 1.83. The van der Waals surface area contributed by atoms with E-state index in [1.807, 2.05) is 13.0 Å². The monoisotopic (exact) mass is 340 g/mol. The largest absolute Gasteiger partial charge is 0.465 e. The number of rotatable bonds is 9. The molecule has 1 atom stereocenters. The molecule has 2 rings (SSSR count). The SMILES string of the molecule is CC(OCCc1ccccc1)Oc1ccc(C(C(C)C)C(C)C)cc1. The fourth-order valence-corrected chi connectivity index (χ4v) is 3.52. The van der Waals surface area contributed by atoms with Crippen LogP contribution in [-0.4, -0.2) is 12.9 Å². The molecule has 0 aliphatic rings. The first-order chi connectivity index (χ1) is 12.0. The van der Waals surface area contributed by atoms with Crippen molar-refractivity contribution in [3.63, 3.8) is 0 Å². The van der Waals surface area contributed by atoms with Crippen molar-refractivity contribution >= 4 is 0 Å². The van der Waals surface area contributed by atoms with Gasteiger partial charge in [-0.1, -0.05) is 70.2 Å². The van der Waals surface area contributed by atoms with Crippen LogP contribution in [0.4, 0.5) is 0 Å². The highest BCUT2D eigenvalue weighted by molar-refractivity contribution is 5.30. The molecule has 2 heteroatoms. The summed E-state index contributed by atoms with van der Waals surface area (Å²) in [5.41, 5.74) is 2.67. The zero-order valence-corrected chi connectivity index (χ0v) is 16.2. The van der Waals surface area contributed by atoms with Gasteiger partial charge >= 0.3 is 0 Å². The number of hydrogen-bond acceptors (Lipinski definition) is 2. The van der Waals surface area contributed by atoms with Crippen molar-refractivity contribution in [1.29, 1.82) is 0 Å². The molecule has 0 saturated heterocycles. The molecule has 0 aliphatic heterocycles. The molecule has 0 amide bonds. The van der Waals surface area contributed by atoms with E-state index in [2.05, 4.69) is 76.2 Å². The third kappa shape index (κ3) is 6.21. The Bertz CT molecular complexity index is 594. The maximum atomic E-state index is 5.89. The highest BCUT2D eigenvalue weighted by Gasteiger charge is 2.19. The summed E-state index contributed by atoms with van der Waals surface area (Å²) in [7, 11) is 0. The van der Waals surface area contributed by atoms with Crippen LogP contribution in [0.25, 0.3) is 0 Å². The Labute approximate surface area is 153 Å². The molecule has 2 aromatic carbocycles. The minimum absolute atomic E-state index is 0.249. The van der Waals surface area contributed by atoms with Gasteiger partial charge in [0.2, 0.25) is 0 Å². The summed E-state index contributed by atoms with van der Waals surface area (Å²) in [4.78, 5) is 0. The fraction of sp³-hybridized carbons (Fsp3) is 0.478. The lowest BCUT2D eigenvalue weighted by atomic mass is 9.80. The van der Waals surface area contributed by atoms with E-state index >= 15 is 0 Å². The summed E-state index contributed by atoms with van der Waals surface area (Å²) in [6.45, 7) is 11.8. The Hall–Kier alpha value is -1.80. The normalized spacial score (nSPS) is 12.8. The Kier molecular flexibility index (Phi) is 7.52. The predicted molar refractivity (Wildman–Crippen MR) is 105 cm³/mol. The van der Waals surface area contributed by atoms with Gasteiger partial charge in [-0.25, -0.2) is 0 Å². The summed E-state index contributed by atoms with van der Waals surface area (Å²) in [5.74, 6) is 2.70. The first kappa shape index (κ1) is 19.5. The van der Waals surface area contributed by atoms with E-state index < -0.39 is 0 Å². The van der Waals surface area contributed by atoms with Crippen LogP contribution >= 0.6 is 0 Å². The minimum atomic E-state index is -0.249. The van der Waals surface area contributed by atoms with E-state index in [0.29, 0.717) is 24.4 Å². The molecule has 0 aromatic heterocycles. The van der Waals surface area contributed by atoms with Crippen molar-refractivity contribution < 1.29 is 9.47 Å². The van der Waals surface area contributed by atoms with E-state index in [9.17, 15) is 0 Å². The Morgan fingerprint density at radius 2 is 1.36 bits per heavy atom. The topological polar surface area (TPSA) is 18.5 Å². The first-order valence-electron chi connectivity index (χ1n) is 9.39. The molecule has 1 unspecified atom stereocenters. The molecule has 0 heterocycles. The van der Waals surface area contributed by atoms with E-state index in [-0.39, 0.29) is 6.29 Å². The summed E-state index contributed by atoms with van der Waals surface area (Å²) in [6.07, 6.45) is 0.651. The number of hydrogen-bond donors (Lipinski definition) is 0. The summed E-state index contributed by atoms with van der Waals surface area (Å²) in [6, 6.07) is 18.9. The molecule has 0 saturated carbocycles. The van der Waals surface area contributed by atoms with Gasteiger partial charge in [0.25, 0.3) is 0 Å². The Morgan fingerprint density at radius 1 is 0.760 bits per heavy atom. The van der Waals surface area contributed by atoms with Crippen LogP contribution in [0.2, 0.25) is 0 Å². The lowest BCUT2D eigenvalue weighted by Gasteiger charge is -2.25. The van der Waals surface area contributed by atoms with Gasteiger partial charge in [0.05, 0.1) is 6.61 Å². The van der Waals surface area contributed by atoms with Crippen LogP contribution in [0.5, 0.6) is 5.75 Å². The van der Waals surface area contributed by atoms with Gasteiger partial charge in [0, 0.05) is 0 Å². The highest BCUT2D eigenvalue weighted by Crippen LogP contribution is 2.32. The number of benzene rings is 2. The third-order valence-electron chi connectivity index (χ3n) is 4.59. The molecule has 2 nitrogen and oxygen atoms in total. The van der Waals surface area contributed by atoms with Crippen LogP contribution in [0, 0.1) is 11.8 Å². The second-order valence-corrected chi connectivity index (χ2v) is 7.37. The van der Waals surface area contributed by atoms with Crippen molar-refractivity contribution in [1.82, 2.24) is 0 Å². The maximum absolute atomic E-state index is 5.89. The zero-order chi connectivity index (χ0) is 18.2. The van der Waals surface area contributed by atoms with Crippen molar-refractivity contribution in [2.75, 3.05) is 6.61 Å². The van der Waals surface area contributed by atoms with Gasteiger partial charge < -0.3 is 9.47 Å². The van der Waals surface area contributed by atoms with Gasteiger partial charge in [-0.15, -0.1) is 0 Å². The van der Waals surface area contributed by atoms with Crippen molar-refractivity contribution in [3.8, 4) is 5.75 Å². The zero-order valence-electron chi connectivity index (χ0n) is 16.2. The fourth-order valence-electron chi connectivity index (χ4n) is 3.52. The third-order valence-corrected chi connectivity index (χ3v) is 4.59. The molecular formula is C23H32O2. The summed E-state index contributed by atoms with van der Waals surface area (Å²) in [5, 5.41) is 0. The summed E-state index contributed by atoms with van der Waals surface area (Å²) < 4.78 is 11.7. The second kappa shape index (κ2) is 9.62. The molecule has 0 spiro atoms. The minimum Gasteiger partial charge on any atom is -0.465 e. The van der Waals surface area contributed by atoms with Crippen LogP contribution in [0.15, 0.2) is 54.6 Å². The molecule has 0 N–H and O–H groups in total. The first-order valence-corrected chi connectivity index (χ1v) is 9.39. The second-order valence-electron chi connectivity index (χ2n) is 7.37. The standard InChI is InChI=1S/C23H32O2/c1-17(2)23(18(3)4)21-11-13-22(14-12-21)25-19(5)24-16-15-20-9-7-6-8-10-20/h6-14,17-19,23H,15-16H2,1-5H3.